The molecule has 1 aliphatic heterocycles. The molecule has 2 amide bonds. The van der Waals surface area contributed by atoms with Crippen molar-refractivity contribution in [2.75, 3.05) is 13.7 Å². The summed E-state index contributed by atoms with van der Waals surface area (Å²) >= 11 is 5.02. The van der Waals surface area contributed by atoms with Crippen molar-refractivity contribution >= 4 is 52.2 Å². The zero-order valence-corrected chi connectivity index (χ0v) is 16.6. The summed E-state index contributed by atoms with van der Waals surface area (Å²) in [5.74, 6) is -2.84. The Balaban J connectivity index is 1.84. The second kappa shape index (κ2) is 8.78. The normalized spacial score (nSPS) is 18.2. The Morgan fingerprint density at radius 3 is 2.90 bits per heavy atom. The van der Waals surface area contributed by atoms with Crippen LogP contribution in [-0.2, 0) is 25.5 Å². The van der Waals surface area contributed by atoms with Crippen molar-refractivity contribution in [1.82, 2.24) is 15.2 Å². The van der Waals surface area contributed by atoms with Crippen molar-refractivity contribution in [2.24, 2.45) is 10.9 Å². The number of para-hydroxylation sites is 1. The summed E-state index contributed by atoms with van der Waals surface area (Å²) < 4.78 is 4.85. The number of H-pyrrole nitrogens is 1. The molecule has 8 nitrogen and oxygen atoms in total. The molecule has 2 aromatic rings. The van der Waals surface area contributed by atoms with Gasteiger partial charge < -0.3 is 15.0 Å². The van der Waals surface area contributed by atoms with Gasteiger partial charge in [-0.2, -0.15) is 0 Å². The molecule has 1 saturated heterocycles. The van der Waals surface area contributed by atoms with E-state index in [4.69, 9.17) is 17.0 Å². The summed E-state index contributed by atoms with van der Waals surface area (Å²) in [5, 5.41) is 3.45. The van der Waals surface area contributed by atoms with Gasteiger partial charge in [0.15, 0.2) is 17.1 Å². The Hall–Kier alpha value is -3.33. The lowest BCUT2D eigenvalue weighted by Crippen LogP contribution is -2.58. The van der Waals surface area contributed by atoms with Gasteiger partial charge >= 0.3 is 5.97 Å². The molecule has 1 fully saturated rings. The fraction of sp³-hybridized carbons (Fsp3) is 0.250. The first kappa shape index (κ1) is 20.4. The molecule has 0 bridgehead atoms. The number of methoxy groups -OCH3 is 1. The largest absolute Gasteiger partial charge is 0.467 e. The molecule has 0 radical (unpaired) electrons. The number of hydrogen-bond donors (Lipinski definition) is 2. The number of esters is 1. The van der Waals surface area contributed by atoms with Gasteiger partial charge in [0.1, 0.15) is 0 Å². The molecule has 1 aliphatic rings. The maximum absolute atomic E-state index is 12.6. The monoisotopic (exact) mass is 412 g/mol. The number of aromatic amines is 1. The third-order valence-electron chi connectivity index (χ3n) is 4.58. The standard InChI is InChI=1S/C20H20N4O4S/c1-3-8-24-18(26)14(17(25)23-20(24)29)11-22-16(19(27)28-2)9-12-10-21-15-7-5-4-6-13(12)15/h3-7,10-11,14,16,21H,1,8-9H2,2H3,(H,23,25,29)/t14?,16-/m0/s1. The van der Waals surface area contributed by atoms with Gasteiger partial charge in [0.2, 0.25) is 11.8 Å². The van der Waals surface area contributed by atoms with E-state index in [1.54, 1.807) is 6.20 Å². The van der Waals surface area contributed by atoms with E-state index in [0.29, 0.717) is 0 Å². The molecule has 0 spiro atoms. The zero-order chi connectivity index (χ0) is 21.0. The first-order chi connectivity index (χ1) is 14.0. The molecule has 150 valence electrons. The zero-order valence-electron chi connectivity index (χ0n) is 15.8. The van der Waals surface area contributed by atoms with Crippen LogP contribution in [-0.4, -0.2) is 58.7 Å². The Bertz CT molecular complexity index is 1010. The topological polar surface area (TPSA) is 104 Å². The molecule has 1 aromatic heterocycles. The number of nitrogens with one attached hydrogen (secondary N) is 2. The number of amides is 2. The predicted molar refractivity (Wildman–Crippen MR) is 112 cm³/mol. The van der Waals surface area contributed by atoms with Gasteiger partial charge in [-0.1, -0.05) is 24.3 Å². The highest BCUT2D eigenvalue weighted by molar-refractivity contribution is 7.80. The quantitative estimate of drug-likeness (QED) is 0.235. The number of carbonyl (C=O) groups excluding carboxylic acids is 3. The van der Waals surface area contributed by atoms with Gasteiger partial charge in [0.05, 0.1) is 7.11 Å². The third kappa shape index (κ3) is 4.24. The molecule has 3 rings (SSSR count). The van der Waals surface area contributed by atoms with Gasteiger partial charge in [0, 0.05) is 36.3 Å². The first-order valence-electron chi connectivity index (χ1n) is 8.89. The van der Waals surface area contributed by atoms with Crippen molar-refractivity contribution in [2.45, 2.75) is 12.5 Å². The summed E-state index contributed by atoms with van der Waals surface area (Å²) in [6.07, 6.45) is 4.75. The minimum atomic E-state index is -1.18. The van der Waals surface area contributed by atoms with Crippen LogP contribution in [0, 0.1) is 5.92 Å². The average Bonchev–Trinajstić information content (AvgIpc) is 3.12. The summed E-state index contributed by atoms with van der Waals surface area (Å²) in [6.45, 7) is 3.74. The van der Waals surface area contributed by atoms with E-state index in [0.717, 1.165) is 16.5 Å². The van der Waals surface area contributed by atoms with Gasteiger partial charge in [-0.25, -0.2) is 4.79 Å². The van der Waals surface area contributed by atoms with Crippen molar-refractivity contribution in [1.29, 1.82) is 0 Å². The molecule has 1 unspecified atom stereocenters. The lowest BCUT2D eigenvalue weighted by molar-refractivity contribution is -0.142. The van der Waals surface area contributed by atoms with E-state index in [2.05, 4.69) is 21.9 Å². The first-order valence-corrected chi connectivity index (χ1v) is 9.30. The van der Waals surface area contributed by atoms with Crippen LogP contribution >= 0.6 is 12.2 Å². The molecule has 0 saturated carbocycles. The summed E-state index contributed by atoms with van der Waals surface area (Å²) in [6, 6.07) is 6.77. The van der Waals surface area contributed by atoms with Gasteiger partial charge in [-0.3, -0.25) is 19.5 Å². The number of hydrogen-bond acceptors (Lipinski definition) is 6. The number of aliphatic imine (C=N–C) groups is 1. The fourth-order valence-electron chi connectivity index (χ4n) is 3.10. The number of fused-ring (bicyclic) bond motifs is 1. The molecule has 29 heavy (non-hydrogen) atoms. The molecule has 2 heterocycles. The van der Waals surface area contributed by atoms with Gasteiger partial charge in [-0.05, 0) is 23.8 Å². The predicted octanol–water partition coefficient (Wildman–Crippen LogP) is 1.37. The van der Waals surface area contributed by atoms with Crippen LogP contribution in [0.4, 0.5) is 0 Å². The second-order valence-corrected chi connectivity index (χ2v) is 6.80. The van der Waals surface area contributed by atoms with E-state index in [9.17, 15) is 14.4 Å². The summed E-state index contributed by atoms with van der Waals surface area (Å²) in [7, 11) is 1.27. The molecular weight excluding hydrogens is 392 g/mol. The summed E-state index contributed by atoms with van der Waals surface area (Å²) in [4.78, 5) is 45.7. The van der Waals surface area contributed by atoms with E-state index in [1.165, 1.54) is 24.3 Å². The van der Waals surface area contributed by atoms with Crippen LogP contribution in [0.5, 0.6) is 0 Å². The van der Waals surface area contributed by atoms with E-state index in [1.807, 2.05) is 24.3 Å². The Morgan fingerprint density at radius 1 is 1.41 bits per heavy atom. The average molecular weight is 412 g/mol. The van der Waals surface area contributed by atoms with Crippen molar-refractivity contribution in [3.63, 3.8) is 0 Å². The van der Waals surface area contributed by atoms with E-state index < -0.39 is 29.7 Å². The highest BCUT2D eigenvalue weighted by atomic mass is 32.1. The number of carbonyl (C=O) groups is 3. The lowest BCUT2D eigenvalue weighted by atomic mass is 10.0. The van der Waals surface area contributed by atoms with Crippen molar-refractivity contribution in [3.8, 4) is 0 Å². The Morgan fingerprint density at radius 2 is 2.17 bits per heavy atom. The highest BCUT2D eigenvalue weighted by Gasteiger charge is 2.37. The number of ether oxygens (including phenoxy) is 1. The van der Waals surface area contributed by atoms with E-state index >= 15 is 0 Å². The summed E-state index contributed by atoms with van der Waals surface area (Å²) in [5.41, 5.74) is 1.81. The maximum atomic E-state index is 12.6. The van der Waals surface area contributed by atoms with Crippen LogP contribution in [0.25, 0.3) is 10.9 Å². The third-order valence-corrected chi connectivity index (χ3v) is 4.90. The number of thiocarbonyl (C=S) groups is 1. The molecule has 2 atom stereocenters. The molecule has 0 aliphatic carbocycles. The second-order valence-electron chi connectivity index (χ2n) is 6.41. The Kier molecular flexibility index (Phi) is 6.18. The molecule has 1 aromatic carbocycles. The van der Waals surface area contributed by atoms with Crippen LogP contribution in [0.15, 0.2) is 48.1 Å². The van der Waals surface area contributed by atoms with Crippen LogP contribution in [0.3, 0.4) is 0 Å². The molecular formula is C20H20N4O4S. The number of aromatic nitrogens is 1. The van der Waals surface area contributed by atoms with Crippen molar-refractivity contribution < 1.29 is 19.1 Å². The molecule has 2 N–H and O–H groups in total. The number of benzene rings is 1. The number of nitrogens with zero attached hydrogens (tertiary/aromatic N) is 2. The number of rotatable bonds is 7. The van der Waals surface area contributed by atoms with Crippen LogP contribution in [0.1, 0.15) is 5.56 Å². The minimum absolute atomic E-state index is 0.0212. The van der Waals surface area contributed by atoms with Gasteiger partial charge in [0.25, 0.3) is 0 Å². The van der Waals surface area contributed by atoms with Gasteiger partial charge in [-0.15, -0.1) is 6.58 Å². The van der Waals surface area contributed by atoms with Crippen LogP contribution < -0.4 is 5.32 Å². The lowest BCUT2D eigenvalue weighted by Gasteiger charge is -2.30. The van der Waals surface area contributed by atoms with Crippen molar-refractivity contribution in [3.05, 3.63) is 48.7 Å². The van der Waals surface area contributed by atoms with E-state index in [-0.39, 0.29) is 18.1 Å². The SMILES string of the molecule is C=CCN1C(=O)C(C=N[C@@H](Cc2c[nH]c3ccccc23)C(=O)OC)C(=O)NC1=S. The van der Waals surface area contributed by atoms with Crippen LogP contribution in [0.2, 0.25) is 0 Å². The fourth-order valence-corrected chi connectivity index (χ4v) is 3.36. The maximum Gasteiger partial charge on any atom is 0.330 e. The minimum Gasteiger partial charge on any atom is -0.467 e. The Labute approximate surface area is 172 Å². The highest BCUT2D eigenvalue weighted by Crippen LogP contribution is 2.20. The molecule has 9 heteroatoms. The smallest absolute Gasteiger partial charge is 0.330 e.